The highest BCUT2D eigenvalue weighted by Gasteiger charge is 2.40. The third kappa shape index (κ3) is 3.44. The van der Waals surface area contributed by atoms with Gasteiger partial charge in [-0.3, -0.25) is 5.01 Å². The Morgan fingerprint density at radius 1 is 1.10 bits per heavy atom. The van der Waals surface area contributed by atoms with Crippen molar-refractivity contribution >= 4 is 50.9 Å². The Bertz CT molecular complexity index is 1080. The van der Waals surface area contributed by atoms with Gasteiger partial charge in [0.1, 0.15) is 11.3 Å². The lowest BCUT2D eigenvalue weighted by Crippen LogP contribution is -2.41. The van der Waals surface area contributed by atoms with Crippen LogP contribution in [-0.4, -0.2) is 31.9 Å². The second-order valence-electron chi connectivity index (χ2n) is 7.73. The maximum atomic E-state index is 6.37. The number of hydrogen-bond donors (Lipinski definition) is 1. The third-order valence-electron chi connectivity index (χ3n) is 5.78. The van der Waals surface area contributed by atoms with E-state index in [-0.39, 0.29) is 6.04 Å². The molecule has 0 saturated carbocycles. The first-order valence-electron chi connectivity index (χ1n) is 9.84. The number of aromatic nitrogens is 2. The number of hydrazine groups is 1. The normalized spacial score (nSPS) is 25.2. The molecule has 0 spiro atoms. The fourth-order valence-electron chi connectivity index (χ4n) is 4.29. The summed E-state index contributed by atoms with van der Waals surface area (Å²) in [6, 6.07) is 14.2. The summed E-state index contributed by atoms with van der Waals surface area (Å²) in [5.74, 6) is 1.49. The van der Waals surface area contributed by atoms with Crippen molar-refractivity contribution in [2.75, 3.05) is 6.54 Å². The molecule has 1 fully saturated rings. The summed E-state index contributed by atoms with van der Waals surface area (Å²) in [6.07, 6.45) is 3.40. The van der Waals surface area contributed by atoms with Crippen LogP contribution in [0.15, 0.2) is 48.7 Å². The minimum absolute atomic E-state index is 0.197. The first-order chi connectivity index (χ1) is 14.0. The highest BCUT2D eigenvalue weighted by atomic mass is 35.5. The lowest BCUT2D eigenvalue weighted by Gasteiger charge is -2.36. The van der Waals surface area contributed by atoms with E-state index in [1.807, 2.05) is 42.1 Å². The number of fused-ring (bicyclic) bond motifs is 1. The van der Waals surface area contributed by atoms with Crippen LogP contribution >= 0.6 is 35.0 Å². The van der Waals surface area contributed by atoms with E-state index in [9.17, 15) is 0 Å². The fourth-order valence-corrected chi connectivity index (χ4v) is 5.73. The zero-order valence-corrected chi connectivity index (χ0v) is 18.6. The molecular formula is C22H22Cl2N4S. The lowest BCUT2D eigenvalue weighted by molar-refractivity contribution is -0.00509. The van der Waals surface area contributed by atoms with E-state index < -0.39 is 0 Å². The first-order valence-corrected chi connectivity index (χ1v) is 11.5. The number of hydrogen-bond acceptors (Lipinski definition) is 4. The Morgan fingerprint density at radius 2 is 1.90 bits per heavy atom. The molecule has 1 N–H and O–H groups in total. The van der Waals surface area contributed by atoms with Gasteiger partial charge in [-0.25, -0.2) is 9.99 Å². The summed E-state index contributed by atoms with van der Waals surface area (Å²) in [6.45, 7) is 5.56. The molecule has 1 saturated heterocycles. The van der Waals surface area contributed by atoms with E-state index in [2.05, 4.69) is 47.2 Å². The predicted molar refractivity (Wildman–Crippen MR) is 123 cm³/mol. The molecule has 1 aromatic heterocycles. The summed E-state index contributed by atoms with van der Waals surface area (Å²) in [5.41, 5.74) is 3.05. The van der Waals surface area contributed by atoms with Gasteiger partial charge in [-0.2, -0.15) is 0 Å². The number of rotatable bonds is 3. The molecule has 29 heavy (non-hydrogen) atoms. The standard InChI is InChI=1S/C22H22Cl2N4S/c1-13-10-11-27(21(13)22-25-18-5-3-4-17(24)20(18)26-22)28-12-19(29-14(28)2)15-6-8-16(23)9-7-15/h3-9,12-14,21H,10-11H2,1-2H3,(H,25,26)/t13-,14?,21-/m0/s1. The number of para-hydroxylation sites is 1. The van der Waals surface area contributed by atoms with Gasteiger partial charge in [0, 0.05) is 22.7 Å². The molecule has 0 radical (unpaired) electrons. The van der Waals surface area contributed by atoms with Crippen molar-refractivity contribution in [2.24, 2.45) is 5.92 Å². The zero-order valence-electron chi connectivity index (χ0n) is 16.3. The SMILES string of the molecule is CC1SC(c2ccc(Cl)cc2)=CN1N1CC[C@H](C)[C@H]1c1nc2c(Cl)cccc2[nH]1. The maximum Gasteiger partial charge on any atom is 0.126 e. The Morgan fingerprint density at radius 3 is 2.66 bits per heavy atom. The smallest absolute Gasteiger partial charge is 0.126 e. The molecule has 5 rings (SSSR count). The van der Waals surface area contributed by atoms with Gasteiger partial charge in [0.05, 0.1) is 22.0 Å². The lowest BCUT2D eigenvalue weighted by atomic mass is 10.0. The fraction of sp³-hybridized carbons (Fsp3) is 0.318. The largest absolute Gasteiger partial charge is 0.341 e. The summed E-state index contributed by atoms with van der Waals surface area (Å²) >= 11 is 14.3. The second kappa shape index (κ2) is 7.55. The quantitative estimate of drug-likeness (QED) is 0.495. The summed E-state index contributed by atoms with van der Waals surface area (Å²) in [4.78, 5) is 9.66. The van der Waals surface area contributed by atoms with Crippen LogP contribution in [0.25, 0.3) is 15.9 Å². The van der Waals surface area contributed by atoms with Crippen LogP contribution in [0.5, 0.6) is 0 Å². The van der Waals surface area contributed by atoms with E-state index >= 15 is 0 Å². The summed E-state index contributed by atoms with van der Waals surface area (Å²) in [7, 11) is 0. The van der Waals surface area contributed by atoms with Gasteiger partial charge >= 0.3 is 0 Å². The van der Waals surface area contributed by atoms with Crippen LogP contribution in [0, 0.1) is 5.92 Å². The molecule has 3 heterocycles. The molecule has 1 unspecified atom stereocenters. The zero-order chi connectivity index (χ0) is 20.1. The van der Waals surface area contributed by atoms with Crippen LogP contribution in [-0.2, 0) is 0 Å². The van der Waals surface area contributed by atoms with E-state index in [1.165, 1.54) is 10.5 Å². The van der Waals surface area contributed by atoms with Crippen LogP contribution in [0.1, 0.15) is 37.7 Å². The van der Waals surface area contributed by atoms with Gasteiger partial charge < -0.3 is 4.98 Å². The number of nitrogens with one attached hydrogen (secondary N) is 1. The minimum atomic E-state index is 0.197. The molecule has 2 aromatic carbocycles. The monoisotopic (exact) mass is 444 g/mol. The highest BCUT2D eigenvalue weighted by Crippen LogP contribution is 2.45. The number of nitrogens with zero attached hydrogens (tertiary/aromatic N) is 3. The molecule has 3 atom stereocenters. The third-order valence-corrected chi connectivity index (χ3v) is 7.49. The molecule has 0 bridgehead atoms. The number of aromatic amines is 1. The molecule has 0 amide bonds. The molecule has 2 aliphatic rings. The number of benzene rings is 2. The topological polar surface area (TPSA) is 35.2 Å². The van der Waals surface area contributed by atoms with E-state index in [0.717, 1.165) is 34.8 Å². The van der Waals surface area contributed by atoms with Crippen molar-refractivity contribution in [2.45, 2.75) is 31.7 Å². The number of halogens is 2. The Labute approximate surface area is 184 Å². The van der Waals surface area contributed by atoms with Crippen molar-refractivity contribution in [3.63, 3.8) is 0 Å². The average Bonchev–Trinajstić information content (AvgIpc) is 3.39. The predicted octanol–water partition coefficient (Wildman–Crippen LogP) is 6.56. The van der Waals surface area contributed by atoms with Crippen molar-refractivity contribution in [3.05, 3.63) is 70.1 Å². The van der Waals surface area contributed by atoms with Crippen molar-refractivity contribution in [1.82, 2.24) is 20.0 Å². The van der Waals surface area contributed by atoms with Gasteiger partial charge in [-0.05, 0) is 49.1 Å². The molecule has 0 aliphatic carbocycles. The molecule has 7 heteroatoms. The Kier molecular flexibility index (Phi) is 5.03. The summed E-state index contributed by atoms with van der Waals surface area (Å²) in [5, 5.41) is 6.60. The molecular weight excluding hydrogens is 423 g/mol. The van der Waals surface area contributed by atoms with Gasteiger partial charge in [-0.15, -0.1) is 0 Å². The Balaban J connectivity index is 1.49. The van der Waals surface area contributed by atoms with Crippen molar-refractivity contribution in [3.8, 4) is 0 Å². The van der Waals surface area contributed by atoms with E-state index in [4.69, 9.17) is 28.2 Å². The van der Waals surface area contributed by atoms with Gasteiger partial charge in [0.25, 0.3) is 0 Å². The number of thioether (sulfide) groups is 1. The van der Waals surface area contributed by atoms with Gasteiger partial charge in [-0.1, -0.05) is 60.1 Å². The van der Waals surface area contributed by atoms with Crippen LogP contribution in [0.3, 0.4) is 0 Å². The van der Waals surface area contributed by atoms with Gasteiger partial charge in [0.2, 0.25) is 0 Å². The molecule has 4 nitrogen and oxygen atoms in total. The van der Waals surface area contributed by atoms with Crippen molar-refractivity contribution < 1.29 is 0 Å². The number of imidazole rings is 1. The highest BCUT2D eigenvalue weighted by molar-refractivity contribution is 8.09. The van der Waals surface area contributed by atoms with Crippen molar-refractivity contribution in [1.29, 1.82) is 0 Å². The Hall–Kier alpha value is -1.66. The average molecular weight is 445 g/mol. The maximum absolute atomic E-state index is 6.37. The second-order valence-corrected chi connectivity index (χ2v) is 9.93. The summed E-state index contributed by atoms with van der Waals surface area (Å²) < 4.78 is 0. The molecule has 2 aliphatic heterocycles. The van der Waals surface area contributed by atoms with E-state index in [0.29, 0.717) is 16.3 Å². The van der Waals surface area contributed by atoms with Crippen LogP contribution in [0.2, 0.25) is 10.0 Å². The molecule has 150 valence electrons. The minimum Gasteiger partial charge on any atom is -0.341 e. The van der Waals surface area contributed by atoms with Crippen LogP contribution < -0.4 is 0 Å². The molecule has 3 aromatic rings. The van der Waals surface area contributed by atoms with Crippen LogP contribution in [0.4, 0.5) is 0 Å². The van der Waals surface area contributed by atoms with E-state index in [1.54, 1.807) is 0 Å². The first kappa shape index (κ1) is 19.3. The number of H-pyrrole nitrogens is 1. The van der Waals surface area contributed by atoms with Gasteiger partial charge in [0.15, 0.2) is 0 Å².